The third-order valence-electron chi connectivity index (χ3n) is 2.83. The molecule has 0 bridgehead atoms. The maximum atomic E-state index is 13.5. The average Bonchev–Trinajstić information content (AvgIpc) is 2.87. The first-order valence-corrected chi connectivity index (χ1v) is 8.28. The van der Waals surface area contributed by atoms with Crippen molar-refractivity contribution in [2.75, 3.05) is 5.75 Å². The summed E-state index contributed by atoms with van der Waals surface area (Å²) < 4.78 is 15.3. The molecule has 3 rings (SSSR count). The van der Waals surface area contributed by atoms with Gasteiger partial charge in [0.05, 0.1) is 21.5 Å². The van der Waals surface area contributed by atoms with Crippen LogP contribution in [0.5, 0.6) is 0 Å². The Balaban J connectivity index is 1.74. The molecule has 2 nitrogen and oxygen atoms in total. The van der Waals surface area contributed by atoms with E-state index in [-0.39, 0.29) is 17.1 Å². The van der Waals surface area contributed by atoms with Crippen molar-refractivity contribution in [1.29, 1.82) is 0 Å². The number of aromatic nitrogens is 1. The van der Waals surface area contributed by atoms with E-state index in [0.717, 1.165) is 14.6 Å². The standard InChI is InChI=1S/C15H9ClFNOS2/c16-9-5-6-14-12(7-9)18-15(21-14)20-8-13(19)10-3-1-2-4-11(10)17/h1-7H,8H2. The van der Waals surface area contributed by atoms with E-state index in [9.17, 15) is 9.18 Å². The number of thiazole rings is 1. The number of carbonyl (C=O) groups is 1. The third kappa shape index (κ3) is 3.26. The number of ketones is 1. The molecule has 0 saturated carbocycles. The second kappa shape index (κ2) is 6.13. The molecule has 0 atom stereocenters. The molecule has 0 saturated heterocycles. The van der Waals surface area contributed by atoms with Gasteiger partial charge in [0.15, 0.2) is 10.1 Å². The highest BCUT2D eigenvalue weighted by atomic mass is 35.5. The number of thioether (sulfide) groups is 1. The Morgan fingerprint density at radius 2 is 2.10 bits per heavy atom. The Bertz CT molecular complexity index is 818. The summed E-state index contributed by atoms with van der Waals surface area (Å²) in [6.07, 6.45) is 0. The number of rotatable bonds is 4. The summed E-state index contributed by atoms with van der Waals surface area (Å²) in [5.41, 5.74) is 0.933. The van der Waals surface area contributed by atoms with Gasteiger partial charge in [-0.1, -0.05) is 35.5 Å². The maximum absolute atomic E-state index is 13.5. The molecule has 0 fully saturated rings. The van der Waals surface area contributed by atoms with Gasteiger partial charge in [-0.05, 0) is 30.3 Å². The molecule has 0 N–H and O–H groups in total. The summed E-state index contributed by atoms with van der Waals surface area (Å²) in [5, 5.41) is 0.631. The molecular weight excluding hydrogens is 329 g/mol. The molecule has 6 heteroatoms. The zero-order valence-corrected chi connectivity index (χ0v) is 13.1. The minimum absolute atomic E-state index is 0.120. The van der Waals surface area contributed by atoms with Gasteiger partial charge in [0.2, 0.25) is 0 Å². The van der Waals surface area contributed by atoms with Crippen molar-refractivity contribution in [3.63, 3.8) is 0 Å². The monoisotopic (exact) mass is 337 g/mol. The van der Waals surface area contributed by atoms with E-state index in [0.29, 0.717) is 5.02 Å². The SMILES string of the molecule is O=C(CSc1nc2cc(Cl)ccc2s1)c1ccccc1F. The zero-order valence-electron chi connectivity index (χ0n) is 10.7. The van der Waals surface area contributed by atoms with Crippen molar-refractivity contribution < 1.29 is 9.18 Å². The highest BCUT2D eigenvalue weighted by Crippen LogP contribution is 2.31. The van der Waals surface area contributed by atoms with Gasteiger partial charge in [0, 0.05) is 5.02 Å². The van der Waals surface area contributed by atoms with Gasteiger partial charge in [-0.3, -0.25) is 4.79 Å². The lowest BCUT2D eigenvalue weighted by molar-refractivity contribution is 0.101. The van der Waals surface area contributed by atoms with Crippen LogP contribution in [0.15, 0.2) is 46.8 Å². The van der Waals surface area contributed by atoms with Crippen LogP contribution in [-0.4, -0.2) is 16.5 Å². The lowest BCUT2D eigenvalue weighted by Gasteiger charge is -2.00. The fraction of sp³-hybridized carbons (Fsp3) is 0.0667. The first-order chi connectivity index (χ1) is 10.1. The molecule has 1 aromatic heterocycles. The molecule has 0 spiro atoms. The van der Waals surface area contributed by atoms with Crippen molar-refractivity contribution in [1.82, 2.24) is 4.98 Å². The van der Waals surface area contributed by atoms with Gasteiger partial charge < -0.3 is 0 Å². The van der Waals surface area contributed by atoms with Crippen LogP contribution in [0.2, 0.25) is 5.02 Å². The van der Waals surface area contributed by atoms with Crippen LogP contribution in [-0.2, 0) is 0 Å². The van der Waals surface area contributed by atoms with E-state index in [1.165, 1.54) is 35.2 Å². The second-order valence-corrected chi connectivity index (χ2v) is 6.97. The van der Waals surface area contributed by atoms with E-state index in [1.54, 1.807) is 24.3 Å². The highest BCUT2D eigenvalue weighted by Gasteiger charge is 2.13. The summed E-state index contributed by atoms with van der Waals surface area (Å²) in [4.78, 5) is 16.4. The second-order valence-electron chi connectivity index (χ2n) is 4.28. The van der Waals surface area contributed by atoms with Gasteiger partial charge in [0.25, 0.3) is 0 Å². The largest absolute Gasteiger partial charge is 0.293 e. The van der Waals surface area contributed by atoms with Crippen LogP contribution in [0.25, 0.3) is 10.2 Å². The van der Waals surface area contributed by atoms with Crippen molar-refractivity contribution in [2.24, 2.45) is 0 Å². The van der Waals surface area contributed by atoms with Gasteiger partial charge in [-0.25, -0.2) is 9.37 Å². The quantitative estimate of drug-likeness (QED) is 0.492. The van der Waals surface area contributed by atoms with Gasteiger partial charge in [-0.2, -0.15) is 0 Å². The number of nitrogens with zero attached hydrogens (tertiary/aromatic N) is 1. The molecule has 2 aromatic carbocycles. The zero-order chi connectivity index (χ0) is 14.8. The van der Waals surface area contributed by atoms with Crippen molar-refractivity contribution >= 4 is 50.7 Å². The Labute approximate surface area is 134 Å². The molecular formula is C15H9ClFNOS2. The summed E-state index contributed by atoms with van der Waals surface area (Å²) in [6, 6.07) is 11.5. The Morgan fingerprint density at radius 3 is 2.90 bits per heavy atom. The predicted molar refractivity (Wildman–Crippen MR) is 86.1 cm³/mol. The van der Waals surface area contributed by atoms with Gasteiger partial charge in [-0.15, -0.1) is 11.3 Å². The molecule has 0 aliphatic carbocycles. The summed E-state index contributed by atoms with van der Waals surface area (Å²) in [5.74, 6) is -0.566. The maximum Gasteiger partial charge on any atom is 0.176 e. The number of hydrogen-bond donors (Lipinski definition) is 0. The molecule has 0 amide bonds. The molecule has 0 radical (unpaired) electrons. The fourth-order valence-corrected chi connectivity index (χ4v) is 3.93. The van der Waals surface area contributed by atoms with Crippen LogP contribution in [0.3, 0.4) is 0 Å². The Morgan fingerprint density at radius 1 is 1.29 bits per heavy atom. The molecule has 1 heterocycles. The molecule has 0 unspecified atom stereocenters. The van der Waals surface area contributed by atoms with E-state index in [4.69, 9.17) is 11.6 Å². The van der Waals surface area contributed by atoms with E-state index < -0.39 is 5.82 Å². The first-order valence-electron chi connectivity index (χ1n) is 6.10. The summed E-state index contributed by atoms with van der Waals surface area (Å²) >= 11 is 8.72. The number of Topliss-reactive ketones (excluding diaryl/α,β-unsaturated/α-hetero) is 1. The summed E-state index contributed by atoms with van der Waals surface area (Å²) in [6.45, 7) is 0. The van der Waals surface area contributed by atoms with Crippen LogP contribution in [0.1, 0.15) is 10.4 Å². The molecule has 21 heavy (non-hydrogen) atoms. The molecule has 3 aromatic rings. The van der Waals surface area contributed by atoms with Crippen LogP contribution in [0, 0.1) is 5.82 Å². The number of fused-ring (bicyclic) bond motifs is 1. The number of hydrogen-bond acceptors (Lipinski definition) is 4. The Kier molecular flexibility index (Phi) is 4.24. The van der Waals surface area contributed by atoms with E-state index >= 15 is 0 Å². The normalized spacial score (nSPS) is 11.0. The fourth-order valence-electron chi connectivity index (χ4n) is 1.83. The first kappa shape index (κ1) is 14.5. The van der Waals surface area contributed by atoms with Crippen molar-refractivity contribution in [3.05, 3.63) is 58.9 Å². The van der Waals surface area contributed by atoms with Gasteiger partial charge >= 0.3 is 0 Å². The third-order valence-corrected chi connectivity index (χ3v) is 5.25. The average molecular weight is 338 g/mol. The molecule has 106 valence electrons. The number of halogens is 2. The number of benzene rings is 2. The van der Waals surface area contributed by atoms with Crippen LogP contribution in [0.4, 0.5) is 4.39 Å². The molecule has 0 aliphatic rings. The lowest BCUT2D eigenvalue weighted by Crippen LogP contribution is -2.04. The van der Waals surface area contributed by atoms with E-state index in [2.05, 4.69) is 4.98 Å². The summed E-state index contributed by atoms with van der Waals surface area (Å²) in [7, 11) is 0. The van der Waals surface area contributed by atoms with E-state index in [1.807, 2.05) is 6.07 Å². The smallest absolute Gasteiger partial charge is 0.176 e. The van der Waals surface area contributed by atoms with Crippen molar-refractivity contribution in [2.45, 2.75) is 4.34 Å². The number of carbonyl (C=O) groups excluding carboxylic acids is 1. The van der Waals surface area contributed by atoms with Crippen LogP contribution < -0.4 is 0 Å². The topological polar surface area (TPSA) is 30.0 Å². The predicted octanol–water partition coefficient (Wildman–Crippen LogP) is 5.06. The lowest BCUT2D eigenvalue weighted by atomic mass is 10.1. The Hall–Kier alpha value is -1.43. The van der Waals surface area contributed by atoms with Crippen LogP contribution >= 0.6 is 34.7 Å². The van der Waals surface area contributed by atoms with Gasteiger partial charge in [0.1, 0.15) is 5.82 Å². The van der Waals surface area contributed by atoms with Crippen molar-refractivity contribution in [3.8, 4) is 0 Å². The highest BCUT2D eigenvalue weighted by molar-refractivity contribution is 8.01. The molecule has 0 aliphatic heterocycles. The minimum atomic E-state index is -0.487. The minimum Gasteiger partial charge on any atom is -0.293 e.